The summed E-state index contributed by atoms with van der Waals surface area (Å²) in [6.07, 6.45) is 14.0. The highest BCUT2D eigenvalue weighted by Crippen LogP contribution is 2.08. The normalized spacial score (nSPS) is 11.7. The van der Waals surface area contributed by atoms with Gasteiger partial charge in [-0.2, -0.15) is 0 Å². The largest absolute Gasteiger partial charge is 0.289 e. The quantitative estimate of drug-likeness (QED) is 0.247. The van der Waals surface area contributed by atoms with Gasteiger partial charge in [-0.3, -0.25) is 9.59 Å². The summed E-state index contributed by atoms with van der Waals surface area (Å²) >= 11 is 0. The van der Waals surface area contributed by atoms with Gasteiger partial charge in [-0.25, -0.2) is 0 Å². The zero-order valence-corrected chi connectivity index (χ0v) is 16.5. The highest BCUT2D eigenvalue weighted by atomic mass is 16.1. The Bertz CT molecular complexity index is 994. The first-order valence-corrected chi connectivity index (χ1v) is 9.71. The minimum Gasteiger partial charge on any atom is -0.289 e. The Labute approximate surface area is 177 Å². The molecule has 30 heavy (non-hydrogen) atoms. The van der Waals surface area contributed by atoms with E-state index in [0.29, 0.717) is 11.1 Å². The van der Waals surface area contributed by atoms with Crippen molar-refractivity contribution in [2.45, 2.75) is 0 Å². The van der Waals surface area contributed by atoms with E-state index in [2.05, 4.69) is 0 Å². The average molecular weight is 390 g/mol. The van der Waals surface area contributed by atoms with Gasteiger partial charge in [-0.15, -0.1) is 0 Å². The second-order valence-corrected chi connectivity index (χ2v) is 6.56. The highest BCUT2D eigenvalue weighted by molar-refractivity contribution is 6.07. The van der Waals surface area contributed by atoms with Crippen LogP contribution in [0.25, 0.3) is 12.2 Å². The second-order valence-electron chi connectivity index (χ2n) is 6.56. The monoisotopic (exact) mass is 390 g/mol. The number of carbonyl (C=O) groups is 2. The van der Waals surface area contributed by atoms with Gasteiger partial charge in [-0.1, -0.05) is 121 Å². The third-order valence-electron chi connectivity index (χ3n) is 4.35. The van der Waals surface area contributed by atoms with Crippen molar-refractivity contribution >= 4 is 23.7 Å². The second kappa shape index (κ2) is 11.1. The molecule has 0 saturated heterocycles. The van der Waals surface area contributed by atoms with Crippen LogP contribution in [0.1, 0.15) is 31.8 Å². The zero-order valence-electron chi connectivity index (χ0n) is 16.5. The molecule has 0 radical (unpaired) electrons. The van der Waals surface area contributed by atoms with Crippen molar-refractivity contribution in [2.75, 3.05) is 0 Å². The SMILES string of the molecule is O=C(C=CC=Cc1ccccc1)c1ccc(C(=O)C=CC=Cc2ccccc2)cc1. The van der Waals surface area contributed by atoms with E-state index in [1.54, 1.807) is 36.4 Å². The van der Waals surface area contributed by atoms with E-state index in [-0.39, 0.29) is 11.6 Å². The van der Waals surface area contributed by atoms with Crippen LogP contribution in [-0.2, 0) is 0 Å². The van der Waals surface area contributed by atoms with E-state index in [0.717, 1.165) is 11.1 Å². The van der Waals surface area contributed by atoms with E-state index in [1.165, 1.54) is 12.2 Å². The maximum absolute atomic E-state index is 12.3. The van der Waals surface area contributed by atoms with Crippen LogP contribution in [0.3, 0.4) is 0 Å². The van der Waals surface area contributed by atoms with Gasteiger partial charge in [0.1, 0.15) is 0 Å². The van der Waals surface area contributed by atoms with Crippen LogP contribution in [-0.4, -0.2) is 11.6 Å². The van der Waals surface area contributed by atoms with Gasteiger partial charge >= 0.3 is 0 Å². The van der Waals surface area contributed by atoms with E-state index in [9.17, 15) is 9.59 Å². The van der Waals surface area contributed by atoms with Crippen LogP contribution in [0.4, 0.5) is 0 Å². The van der Waals surface area contributed by atoms with Crippen molar-refractivity contribution in [1.29, 1.82) is 0 Å². The van der Waals surface area contributed by atoms with Crippen molar-refractivity contribution < 1.29 is 9.59 Å². The molecule has 0 heterocycles. The van der Waals surface area contributed by atoms with Crippen LogP contribution in [0.2, 0.25) is 0 Å². The minimum absolute atomic E-state index is 0.104. The fourth-order valence-corrected chi connectivity index (χ4v) is 2.74. The molecule has 0 atom stereocenters. The standard InChI is InChI=1S/C28H22O2/c29-27(17-9-7-15-23-11-3-1-4-12-23)25-19-21-26(22-20-25)28(30)18-10-8-16-24-13-5-2-6-14-24/h1-22H. The summed E-state index contributed by atoms with van der Waals surface area (Å²) in [6, 6.07) is 26.5. The van der Waals surface area contributed by atoms with Crippen molar-refractivity contribution in [2.24, 2.45) is 0 Å². The molecule has 0 unspecified atom stereocenters. The van der Waals surface area contributed by atoms with E-state index in [1.807, 2.05) is 85.0 Å². The third-order valence-corrected chi connectivity index (χ3v) is 4.35. The molecule has 0 fully saturated rings. The molecule has 0 spiro atoms. The Kier molecular flexibility index (Phi) is 7.64. The van der Waals surface area contributed by atoms with Crippen molar-refractivity contribution in [3.05, 3.63) is 144 Å². The zero-order chi connectivity index (χ0) is 21.0. The molecule has 0 amide bonds. The van der Waals surface area contributed by atoms with Crippen molar-refractivity contribution in [3.63, 3.8) is 0 Å². The molecular formula is C28H22O2. The Hall–Kier alpha value is -4.04. The Morgan fingerprint density at radius 1 is 0.467 bits per heavy atom. The van der Waals surface area contributed by atoms with E-state index < -0.39 is 0 Å². The van der Waals surface area contributed by atoms with Gasteiger partial charge in [0.15, 0.2) is 11.6 Å². The number of carbonyl (C=O) groups excluding carboxylic acids is 2. The van der Waals surface area contributed by atoms with Crippen LogP contribution in [0.5, 0.6) is 0 Å². The predicted molar refractivity (Wildman–Crippen MR) is 124 cm³/mol. The highest BCUT2D eigenvalue weighted by Gasteiger charge is 2.04. The Balaban J connectivity index is 1.54. The molecule has 0 N–H and O–H groups in total. The van der Waals surface area contributed by atoms with Crippen LogP contribution in [0, 0.1) is 0 Å². The van der Waals surface area contributed by atoms with Gasteiger partial charge in [0.25, 0.3) is 0 Å². The van der Waals surface area contributed by atoms with E-state index in [4.69, 9.17) is 0 Å². The lowest BCUT2D eigenvalue weighted by atomic mass is 10.0. The molecule has 0 bridgehead atoms. The fourth-order valence-electron chi connectivity index (χ4n) is 2.74. The molecule has 0 aliphatic rings. The molecule has 0 aliphatic heterocycles. The number of rotatable bonds is 8. The van der Waals surface area contributed by atoms with E-state index >= 15 is 0 Å². The summed E-state index contributed by atoms with van der Waals surface area (Å²) in [4.78, 5) is 24.5. The summed E-state index contributed by atoms with van der Waals surface area (Å²) in [6.45, 7) is 0. The molecule has 146 valence electrons. The number of benzene rings is 3. The lowest BCUT2D eigenvalue weighted by Gasteiger charge is -1.98. The predicted octanol–water partition coefficient (Wildman–Crippen LogP) is 6.59. The number of hydrogen-bond donors (Lipinski definition) is 0. The van der Waals surface area contributed by atoms with Crippen LogP contribution >= 0.6 is 0 Å². The number of allylic oxidation sites excluding steroid dienone is 6. The van der Waals surface area contributed by atoms with Gasteiger partial charge < -0.3 is 0 Å². The summed E-state index contributed by atoms with van der Waals surface area (Å²) in [5, 5.41) is 0. The van der Waals surface area contributed by atoms with Gasteiger partial charge in [-0.05, 0) is 23.3 Å². The number of ketones is 2. The molecule has 2 heteroatoms. The molecule has 0 saturated carbocycles. The molecule has 3 aromatic carbocycles. The summed E-state index contributed by atoms with van der Waals surface area (Å²) in [5.74, 6) is -0.207. The first kappa shape index (κ1) is 20.7. The lowest BCUT2D eigenvalue weighted by Crippen LogP contribution is -1.98. The Morgan fingerprint density at radius 2 is 0.833 bits per heavy atom. The molecule has 0 aromatic heterocycles. The minimum atomic E-state index is -0.104. The molecule has 0 aliphatic carbocycles. The number of hydrogen-bond acceptors (Lipinski definition) is 2. The maximum atomic E-state index is 12.3. The summed E-state index contributed by atoms with van der Waals surface area (Å²) < 4.78 is 0. The first-order valence-electron chi connectivity index (χ1n) is 9.71. The molecule has 3 rings (SSSR count). The smallest absolute Gasteiger partial charge is 0.185 e. The Morgan fingerprint density at radius 3 is 1.20 bits per heavy atom. The fraction of sp³-hybridized carbons (Fsp3) is 0. The third kappa shape index (κ3) is 6.54. The maximum Gasteiger partial charge on any atom is 0.185 e. The van der Waals surface area contributed by atoms with Gasteiger partial charge in [0.05, 0.1) is 0 Å². The van der Waals surface area contributed by atoms with Crippen LogP contribution in [0.15, 0.2) is 121 Å². The average Bonchev–Trinajstić information content (AvgIpc) is 2.81. The van der Waals surface area contributed by atoms with Crippen molar-refractivity contribution in [1.82, 2.24) is 0 Å². The topological polar surface area (TPSA) is 34.1 Å². The van der Waals surface area contributed by atoms with Gasteiger partial charge in [0.2, 0.25) is 0 Å². The molecular weight excluding hydrogens is 368 g/mol. The summed E-state index contributed by atoms with van der Waals surface area (Å²) in [7, 11) is 0. The first-order chi connectivity index (χ1) is 14.7. The van der Waals surface area contributed by atoms with Crippen LogP contribution < -0.4 is 0 Å². The van der Waals surface area contributed by atoms with Gasteiger partial charge in [0, 0.05) is 11.1 Å². The summed E-state index contributed by atoms with van der Waals surface area (Å²) in [5.41, 5.74) is 3.24. The molecule has 3 aromatic rings. The molecule has 2 nitrogen and oxygen atoms in total. The van der Waals surface area contributed by atoms with Crippen molar-refractivity contribution in [3.8, 4) is 0 Å². The lowest BCUT2D eigenvalue weighted by molar-refractivity contribution is 0.103.